The molecule has 0 fully saturated rings. The third-order valence-corrected chi connectivity index (χ3v) is 3.43. The van der Waals surface area contributed by atoms with Crippen molar-refractivity contribution in [2.75, 3.05) is 45.7 Å². The maximum absolute atomic E-state index is 3.26. The molecule has 0 amide bonds. The molecule has 1 atom stereocenters. The van der Waals surface area contributed by atoms with Crippen LogP contribution in [0.1, 0.15) is 25.5 Å². The van der Waals surface area contributed by atoms with Gasteiger partial charge in [0.2, 0.25) is 0 Å². The van der Waals surface area contributed by atoms with E-state index >= 15 is 0 Å². The molecule has 0 saturated carbocycles. The minimum Gasteiger partial charge on any atom is -0.372 e. The SMILES string of the molecule is CCN(CC)c1ccc(C(CNC)N(C)C)cc1. The predicted molar refractivity (Wildman–Crippen MR) is 80.4 cm³/mol. The Bertz CT molecular complexity index is 328. The molecule has 0 saturated heterocycles. The lowest BCUT2D eigenvalue weighted by atomic mass is 10.1. The van der Waals surface area contributed by atoms with Gasteiger partial charge in [0, 0.05) is 31.4 Å². The van der Waals surface area contributed by atoms with Crippen molar-refractivity contribution in [3.05, 3.63) is 29.8 Å². The van der Waals surface area contributed by atoms with Crippen LogP contribution in [-0.4, -0.2) is 45.7 Å². The van der Waals surface area contributed by atoms with Crippen LogP contribution in [0.4, 0.5) is 5.69 Å². The summed E-state index contributed by atoms with van der Waals surface area (Å²) >= 11 is 0. The Kier molecular flexibility index (Phi) is 6.16. The molecular weight excluding hydrogens is 222 g/mol. The number of hydrogen-bond acceptors (Lipinski definition) is 3. The van der Waals surface area contributed by atoms with E-state index in [0.29, 0.717) is 6.04 Å². The lowest BCUT2D eigenvalue weighted by Crippen LogP contribution is -2.29. The van der Waals surface area contributed by atoms with E-state index in [4.69, 9.17) is 0 Å². The highest BCUT2D eigenvalue weighted by molar-refractivity contribution is 5.47. The van der Waals surface area contributed by atoms with Crippen LogP contribution in [0, 0.1) is 0 Å². The first-order valence-corrected chi connectivity index (χ1v) is 6.79. The second kappa shape index (κ2) is 7.39. The van der Waals surface area contributed by atoms with E-state index in [1.807, 2.05) is 7.05 Å². The van der Waals surface area contributed by atoms with Gasteiger partial charge in [0.25, 0.3) is 0 Å². The summed E-state index contributed by atoms with van der Waals surface area (Å²) in [4.78, 5) is 4.62. The molecule has 0 aromatic heterocycles. The zero-order valence-electron chi connectivity index (χ0n) is 12.4. The van der Waals surface area contributed by atoms with Gasteiger partial charge in [0.1, 0.15) is 0 Å². The maximum atomic E-state index is 3.26. The first-order valence-electron chi connectivity index (χ1n) is 6.79. The van der Waals surface area contributed by atoms with E-state index in [1.165, 1.54) is 11.3 Å². The van der Waals surface area contributed by atoms with E-state index in [0.717, 1.165) is 19.6 Å². The van der Waals surface area contributed by atoms with Crippen LogP contribution in [0.3, 0.4) is 0 Å². The van der Waals surface area contributed by atoms with Crippen molar-refractivity contribution >= 4 is 5.69 Å². The molecule has 1 N–H and O–H groups in total. The van der Waals surface area contributed by atoms with E-state index in [-0.39, 0.29) is 0 Å². The van der Waals surface area contributed by atoms with Crippen LogP contribution in [0.2, 0.25) is 0 Å². The molecule has 1 aromatic rings. The normalized spacial score (nSPS) is 12.8. The maximum Gasteiger partial charge on any atom is 0.0466 e. The number of benzene rings is 1. The monoisotopic (exact) mass is 249 g/mol. The average Bonchev–Trinajstić information content (AvgIpc) is 2.38. The van der Waals surface area contributed by atoms with Crippen molar-refractivity contribution < 1.29 is 0 Å². The van der Waals surface area contributed by atoms with Crippen LogP contribution in [0.15, 0.2) is 24.3 Å². The van der Waals surface area contributed by atoms with E-state index in [1.54, 1.807) is 0 Å². The molecule has 3 heteroatoms. The van der Waals surface area contributed by atoms with Gasteiger partial charge in [-0.1, -0.05) is 12.1 Å². The quantitative estimate of drug-likeness (QED) is 0.800. The topological polar surface area (TPSA) is 18.5 Å². The second-order valence-electron chi connectivity index (χ2n) is 4.80. The number of rotatable bonds is 7. The predicted octanol–water partition coefficient (Wildman–Crippen LogP) is 2.35. The van der Waals surface area contributed by atoms with Gasteiger partial charge in [-0.2, -0.15) is 0 Å². The van der Waals surface area contributed by atoms with Gasteiger partial charge in [-0.25, -0.2) is 0 Å². The first-order chi connectivity index (χ1) is 8.63. The lowest BCUT2D eigenvalue weighted by molar-refractivity contribution is 0.294. The number of nitrogens with one attached hydrogen (secondary N) is 1. The average molecular weight is 249 g/mol. The van der Waals surface area contributed by atoms with E-state index in [9.17, 15) is 0 Å². The molecule has 1 unspecified atom stereocenters. The van der Waals surface area contributed by atoms with Gasteiger partial charge in [0.05, 0.1) is 0 Å². The Morgan fingerprint density at radius 2 is 1.61 bits per heavy atom. The summed E-state index contributed by atoms with van der Waals surface area (Å²) in [6, 6.07) is 9.38. The molecule has 0 aliphatic carbocycles. The Balaban J connectivity index is 2.86. The summed E-state index contributed by atoms with van der Waals surface area (Å²) in [5.41, 5.74) is 2.68. The van der Waals surface area contributed by atoms with E-state index in [2.05, 4.69) is 67.3 Å². The van der Waals surface area contributed by atoms with Crippen molar-refractivity contribution in [3.63, 3.8) is 0 Å². The Labute approximate surface area is 112 Å². The molecule has 0 aliphatic heterocycles. The summed E-state index contributed by atoms with van der Waals surface area (Å²) in [7, 11) is 6.25. The van der Waals surface area contributed by atoms with E-state index < -0.39 is 0 Å². The molecule has 1 rings (SSSR count). The molecule has 18 heavy (non-hydrogen) atoms. The van der Waals surface area contributed by atoms with Crippen molar-refractivity contribution in [3.8, 4) is 0 Å². The van der Waals surface area contributed by atoms with Crippen LogP contribution in [-0.2, 0) is 0 Å². The summed E-state index contributed by atoms with van der Waals surface area (Å²) in [6.07, 6.45) is 0. The van der Waals surface area contributed by atoms with Gasteiger partial charge >= 0.3 is 0 Å². The van der Waals surface area contributed by atoms with Gasteiger partial charge in [-0.15, -0.1) is 0 Å². The number of likely N-dealkylation sites (N-methyl/N-ethyl adjacent to an activating group) is 2. The zero-order chi connectivity index (χ0) is 13.5. The Morgan fingerprint density at radius 3 is 2.00 bits per heavy atom. The van der Waals surface area contributed by atoms with Crippen molar-refractivity contribution in [2.24, 2.45) is 0 Å². The Hall–Kier alpha value is -1.06. The largest absolute Gasteiger partial charge is 0.372 e. The van der Waals surface area contributed by atoms with Crippen molar-refractivity contribution in [2.45, 2.75) is 19.9 Å². The van der Waals surface area contributed by atoms with Gasteiger partial charge in [0.15, 0.2) is 0 Å². The fourth-order valence-electron chi connectivity index (χ4n) is 2.29. The highest BCUT2D eigenvalue weighted by Crippen LogP contribution is 2.21. The molecule has 0 bridgehead atoms. The molecule has 3 nitrogen and oxygen atoms in total. The van der Waals surface area contributed by atoms with Crippen molar-refractivity contribution in [1.29, 1.82) is 0 Å². The number of hydrogen-bond donors (Lipinski definition) is 1. The van der Waals surface area contributed by atoms with Crippen molar-refractivity contribution in [1.82, 2.24) is 10.2 Å². The van der Waals surface area contributed by atoms with Crippen LogP contribution in [0.25, 0.3) is 0 Å². The molecule has 0 radical (unpaired) electrons. The third-order valence-electron chi connectivity index (χ3n) is 3.43. The fourth-order valence-corrected chi connectivity index (χ4v) is 2.29. The number of anilines is 1. The van der Waals surface area contributed by atoms with Gasteiger partial charge in [-0.05, 0) is 52.7 Å². The van der Waals surface area contributed by atoms with Crippen LogP contribution >= 0.6 is 0 Å². The van der Waals surface area contributed by atoms with Gasteiger partial charge in [-0.3, -0.25) is 0 Å². The molecular formula is C15H27N3. The molecule has 0 spiro atoms. The third kappa shape index (κ3) is 3.72. The molecule has 102 valence electrons. The fraction of sp³-hybridized carbons (Fsp3) is 0.600. The minimum atomic E-state index is 0.431. The minimum absolute atomic E-state index is 0.431. The highest BCUT2D eigenvalue weighted by atomic mass is 15.1. The summed E-state index contributed by atoms with van der Waals surface area (Å²) < 4.78 is 0. The zero-order valence-corrected chi connectivity index (χ0v) is 12.4. The molecule has 1 aromatic carbocycles. The summed E-state index contributed by atoms with van der Waals surface area (Å²) in [6.45, 7) is 7.48. The number of nitrogens with zero attached hydrogens (tertiary/aromatic N) is 2. The smallest absolute Gasteiger partial charge is 0.0466 e. The highest BCUT2D eigenvalue weighted by Gasteiger charge is 2.13. The first kappa shape index (κ1) is 15.0. The Morgan fingerprint density at radius 1 is 1.06 bits per heavy atom. The standard InChI is InChI=1S/C15H27N3/c1-6-18(7-2)14-10-8-13(9-11-14)15(12-16-3)17(4)5/h8-11,15-16H,6-7,12H2,1-5H3. The van der Waals surface area contributed by atoms with Crippen LogP contribution in [0.5, 0.6) is 0 Å². The van der Waals surface area contributed by atoms with Gasteiger partial charge < -0.3 is 15.1 Å². The lowest BCUT2D eigenvalue weighted by Gasteiger charge is -2.26. The van der Waals surface area contributed by atoms with Crippen LogP contribution < -0.4 is 10.2 Å². The second-order valence-corrected chi connectivity index (χ2v) is 4.80. The summed E-state index contributed by atoms with van der Waals surface area (Å²) in [5, 5.41) is 3.26. The molecule has 0 aliphatic rings. The summed E-state index contributed by atoms with van der Waals surface area (Å²) in [5.74, 6) is 0. The molecule has 0 heterocycles.